The number of hydrogen-bond donors (Lipinski definition) is 2. The molecule has 0 radical (unpaired) electrons. The Hall–Kier alpha value is -0.580. The predicted octanol–water partition coefficient (Wildman–Crippen LogP) is 0.359. The van der Waals surface area contributed by atoms with Crippen LogP contribution in [-0.2, 0) is 9.59 Å². The number of aliphatic carboxylic acids is 1. The largest absolute Gasteiger partial charge is 0.480 e. The molecule has 0 saturated carbocycles. The van der Waals surface area contributed by atoms with Gasteiger partial charge in [0.25, 0.3) is 0 Å². The van der Waals surface area contributed by atoms with Crippen LogP contribution in [0.15, 0.2) is 0 Å². The molecule has 0 aliphatic heterocycles. The number of carboxylic acids is 1. The first-order valence-electron chi connectivity index (χ1n) is 3.09. The van der Waals surface area contributed by atoms with Gasteiger partial charge >= 0.3 is 5.97 Å². The minimum absolute atomic E-state index is 0.274. The molecule has 0 unspecified atom stereocenters. The van der Waals surface area contributed by atoms with Crippen LogP contribution in [0, 0.1) is 0 Å². The molecule has 5 heteroatoms. The fourth-order valence-corrected chi connectivity index (χ4v) is 0.950. The number of rotatable bonds is 3. The number of nitrogens with one attached hydrogen (secondary N) is 1. The molecule has 0 rings (SSSR count). The van der Waals surface area contributed by atoms with Crippen LogP contribution in [0.2, 0.25) is 0 Å². The van der Waals surface area contributed by atoms with E-state index in [0.717, 1.165) is 0 Å². The molecule has 2 N–H and O–H groups in total. The van der Waals surface area contributed by atoms with Crippen LogP contribution in [0.1, 0.15) is 13.8 Å². The van der Waals surface area contributed by atoms with Gasteiger partial charge in [0.05, 0.1) is 0 Å². The number of carboxylic acid groups (broad SMARTS) is 1. The normalized spacial score (nSPS) is 15.2. The molecule has 0 fully saturated rings. The van der Waals surface area contributed by atoms with E-state index in [1.807, 2.05) is 0 Å². The third-order valence-electron chi connectivity index (χ3n) is 1.08. The molecule has 0 saturated heterocycles. The van der Waals surface area contributed by atoms with Crippen LogP contribution in [0.3, 0.4) is 0 Å². The average molecular weight is 224 g/mol. The quantitative estimate of drug-likeness (QED) is 0.680. The summed E-state index contributed by atoms with van der Waals surface area (Å²) in [7, 11) is 0. The molecule has 11 heavy (non-hydrogen) atoms. The first kappa shape index (κ1) is 10.4. The summed E-state index contributed by atoms with van der Waals surface area (Å²) < 4.78 is 0. The number of halogens is 1. The van der Waals surface area contributed by atoms with Gasteiger partial charge in [0.2, 0.25) is 5.91 Å². The summed E-state index contributed by atoms with van der Waals surface area (Å²) in [6.07, 6.45) is 0. The topological polar surface area (TPSA) is 66.4 Å². The molecule has 0 aromatic rings. The SMILES string of the molecule is CC(=O)N[C@H](C(=O)O)[C@@H](C)Br. The molecule has 0 aliphatic carbocycles. The molecule has 0 aliphatic rings. The van der Waals surface area contributed by atoms with Crippen molar-refractivity contribution < 1.29 is 14.7 Å². The fraction of sp³-hybridized carbons (Fsp3) is 0.667. The highest BCUT2D eigenvalue weighted by atomic mass is 79.9. The van der Waals surface area contributed by atoms with Crippen molar-refractivity contribution in [2.45, 2.75) is 24.7 Å². The number of alkyl halides is 1. The van der Waals surface area contributed by atoms with Crippen molar-refractivity contribution in [3.8, 4) is 0 Å². The van der Waals surface area contributed by atoms with Crippen LogP contribution in [-0.4, -0.2) is 27.9 Å². The third kappa shape index (κ3) is 3.98. The zero-order chi connectivity index (χ0) is 9.02. The average Bonchev–Trinajstić information content (AvgIpc) is 1.81. The van der Waals surface area contributed by atoms with Gasteiger partial charge in [-0.25, -0.2) is 4.79 Å². The summed E-state index contributed by atoms with van der Waals surface area (Å²) in [5, 5.41) is 10.8. The maximum Gasteiger partial charge on any atom is 0.327 e. The van der Waals surface area contributed by atoms with E-state index in [9.17, 15) is 9.59 Å². The van der Waals surface area contributed by atoms with Crippen molar-refractivity contribution >= 4 is 27.8 Å². The maximum absolute atomic E-state index is 10.5. The maximum atomic E-state index is 10.5. The Balaban J connectivity index is 4.12. The van der Waals surface area contributed by atoms with Crippen molar-refractivity contribution in [3.05, 3.63) is 0 Å². The number of carbonyl (C=O) groups excluding carboxylic acids is 1. The van der Waals surface area contributed by atoms with Gasteiger partial charge in [-0.15, -0.1) is 0 Å². The highest BCUT2D eigenvalue weighted by Gasteiger charge is 2.22. The molecular weight excluding hydrogens is 214 g/mol. The lowest BCUT2D eigenvalue weighted by Gasteiger charge is -2.14. The number of hydrogen-bond acceptors (Lipinski definition) is 2. The third-order valence-corrected chi connectivity index (χ3v) is 1.61. The highest BCUT2D eigenvalue weighted by Crippen LogP contribution is 2.04. The van der Waals surface area contributed by atoms with Gasteiger partial charge in [-0.2, -0.15) is 0 Å². The molecule has 64 valence electrons. The van der Waals surface area contributed by atoms with Crippen LogP contribution in [0.4, 0.5) is 0 Å². The standard InChI is InChI=1S/C6H10BrNO3/c1-3(7)5(6(10)11)8-4(2)9/h3,5H,1-2H3,(H,8,9)(H,10,11)/t3-,5+/m1/s1. The van der Waals surface area contributed by atoms with Gasteiger partial charge < -0.3 is 10.4 Å². The monoisotopic (exact) mass is 223 g/mol. The summed E-state index contributed by atoms with van der Waals surface area (Å²) in [5.74, 6) is -1.38. The van der Waals surface area contributed by atoms with Crippen molar-refractivity contribution in [1.82, 2.24) is 5.32 Å². The van der Waals surface area contributed by atoms with Gasteiger partial charge in [-0.1, -0.05) is 22.9 Å². The van der Waals surface area contributed by atoms with E-state index in [2.05, 4.69) is 21.2 Å². The van der Waals surface area contributed by atoms with Crippen molar-refractivity contribution in [1.29, 1.82) is 0 Å². The van der Waals surface area contributed by atoms with E-state index in [-0.39, 0.29) is 10.7 Å². The highest BCUT2D eigenvalue weighted by molar-refractivity contribution is 9.09. The molecule has 2 atom stereocenters. The first-order valence-corrected chi connectivity index (χ1v) is 4.00. The van der Waals surface area contributed by atoms with Crippen molar-refractivity contribution in [2.75, 3.05) is 0 Å². The lowest BCUT2D eigenvalue weighted by atomic mass is 10.2. The molecular formula is C6H10BrNO3. The summed E-state index contributed by atoms with van der Waals surface area (Å²) in [6.45, 7) is 2.94. The summed E-state index contributed by atoms with van der Waals surface area (Å²) >= 11 is 3.07. The summed E-state index contributed by atoms with van der Waals surface area (Å²) in [6, 6.07) is -0.854. The molecule has 1 amide bonds. The van der Waals surface area contributed by atoms with Gasteiger partial charge in [-0.3, -0.25) is 4.79 Å². The van der Waals surface area contributed by atoms with E-state index in [4.69, 9.17) is 5.11 Å². The zero-order valence-electron chi connectivity index (χ0n) is 6.30. The van der Waals surface area contributed by atoms with Gasteiger partial charge in [0.1, 0.15) is 6.04 Å². The second-order valence-corrected chi connectivity index (χ2v) is 3.64. The lowest BCUT2D eigenvalue weighted by Crippen LogP contribution is -2.44. The Morgan fingerprint density at radius 3 is 2.09 bits per heavy atom. The minimum atomic E-state index is -1.04. The summed E-state index contributed by atoms with van der Waals surface area (Å²) in [5.41, 5.74) is 0. The first-order chi connectivity index (χ1) is 4.95. The van der Waals surface area contributed by atoms with E-state index in [1.165, 1.54) is 6.92 Å². The second-order valence-electron chi connectivity index (χ2n) is 2.19. The van der Waals surface area contributed by atoms with Crippen LogP contribution in [0.25, 0.3) is 0 Å². The number of amides is 1. The Morgan fingerprint density at radius 1 is 1.55 bits per heavy atom. The molecule has 0 heterocycles. The van der Waals surface area contributed by atoms with E-state index >= 15 is 0 Å². The molecule has 0 bridgehead atoms. The zero-order valence-corrected chi connectivity index (χ0v) is 7.88. The minimum Gasteiger partial charge on any atom is -0.480 e. The van der Waals surface area contributed by atoms with Crippen LogP contribution >= 0.6 is 15.9 Å². The van der Waals surface area contributed by atoms with Crippen LogP contribution in [0.5, 0.6) is 0 Å². The Kier molecular flexibility index (Phi) is 4.10. The van der Waals surface area contributed by atoms with Gasteiger partial charge in [0.15, 0.2) is 0 Å². The van der Waals surface area contributed by atoms with E-state index < -0.39 is 12.0 Å². The van der Waals surface area contributed by atoms with Crippen molar-refractivity contribution in [2.24, 2.45) is 0 Å². The Labute approximate surface area is 73.1 Å². The molecule has 4 nitrogen and oxygen atoms in total. The molecule has 0 aromatic carbocycles. The van der Waals surface area contributed by atoms with E-state index in [1.54, 1.807) is 6.92 Å². The lowest BCUT2D eigenvalue weighted by molar-refractivity contribution is -0.141. The summed E-state index contributed by atoms with van der Waals surface area (Å²) in [4.78, 5) is 20.6. The van der Waals surface area contributed by atoms with Crippen molar-refractivity contribution in [3.63, 3.8) is 0 Å². The van der Waals surface area contributed by atoms with Crippen LogP contribution < -0.4 is 5.32 Å². The number of carbonyl (C=O) groups is 2. The second kappa shape index (κ2) is 4.33. The van der Waals surface area contributed by atoms with Gasteiger partial charge in [0, 0.05) is 11.8 Å². The Morgan fingerprint density at radius 2 is 2.00 bits per heavy atom. The fourth-order valence-electron chi connectivity index (χ4n) is 0.592. The smallest absolute Gasteiger partial charge is 0.327 e. The molecule has 0 spiro atoms. The van der Waals surface area contributed by atoms with E-state index in [0.29, 0.717) is 0 Å². The Bertz CT molecular complexity index is 169. The predicted molar refractivity (Wildman–Crippen MR) is 43.6 cm³/mol. The molecule has 0 aromatic heterocycles. The van der Waals surface area contributed by atoms with Gasteiger partial charge in [-0.05, 0) is 0 Å².